The van der Waals surface area contributed by atoms with Gasteiger partial charge in [0.15, 0.2) is 0 Å². The summed E-state index contributed by atoms with van der Waals surface area (Å²) >= 11 is 0. The van der Waals surface area contributed by atoms with E-state index in [1.807, 2.05) is 19.9 Å². The molecule has 66 valence electrons. The van der Waals surface area contributed by atoms with Gasteiger partial charge in [0.25, 0.3) is 5.95 Å². The van der Waals surface area contributed by atoms with Crippen molar-refractivity contribution in [3.05, 3.63) is 29.8 Å². The normalized spacial score (nSPS) is 10.3. The largest absolute Gasteiger partial charge is 0.252 e. The smallest absolute Gasteiger partial charge is 0.220 e. The molecular weight excluding hydrogens is 166 g/mol. The van der Waals surface area contributed by atoms with Crippen molar-refractivity contribution in [2.75, 3.05) is 0 Å². The molecule has 0 atom stereocenters. The summed E-state index contributed by atoms with van der Waals surface area (Å²) in [6.45, 7) is 3.79. The molecule has 0 spiro atoms. The summed E-state index contributed by atoms with van der Waals surface area (Å²) in [5.41, 5.74) is 1.77. The van der Waals surface area contributed by atoms with Crippen LogP contribution in [0.4, 0.5) is 0 Å². The Balaban J connectivity index is 2.46. The molecule has 5 heteroatoms. The van der Waals surface area contributed by atoms with Crippen molar-refractivity contribution in [2.24, 2.45) is 0 Å². The minimum absolute atomic E-state index is 0.556. The maximum Gasteiger partial charge on any atom is 0.252 e. The highest BCUT2D eigenvalue weighted by atomic mass is 15.5. The zero-order valence-electron chi connectivity index (χ0n) is 7.47. The van der Waals surface area contributed by atoms with Crippen molar-refractivity contribution in [3.8, 4) is 5.95 Å². The first-order valence-corrected chi connectivity index (χ1v) is 3.95. The van der Waals surface area contributed by atoms with Crippen LogP contribution >= 0.6 is 0 Å². The number of hydrogen-bond acceptors (Lipinski definition) is 4. The van der Waals surface area contributed by atoms with Gasteiger partial charge in [0.1, 0.15) is 0 Å². The minimum atomic E-state index is 0.556. The van der Waals surface area contributed by atoms with E-state index in [9.17, 15) is 0 Å². The Bertz CT molecular complexity index is 420. The van der Waals surface area contributed by atoms with Gasteiger partial charge in [-0.2, -0.15) is 4.68 Å². The number of hydrogen-bond donors (Lipinski definition) is 0. The SMILES string of the molecule is Cc1cn(-c2nccc(C)n2)nn1. The van der Waals surface area contributed by atoms with E-state index in [0.29, 0.717) is 5.95 Å². The van der Waals surface area contributed by atoms with Crippen molar-refractivity contribution in [1.29, 1.82) is 0 Å². The molecule has 5 nitrogen and oxygen atoms in total. The van der Waals surface area contributed by atoms with Crippen LogP contribution in [-0.4, -0.2) is 25.0 Å². The summed E-state index contributed by atoms with van der Waals surface area (Å²) in [4.78, 5) is 8.28. The maximum absolute atomic E-state index is 4.21. The molecule has 0 aliphatic carbocycles. The van der Waals surface area contributed by atoms with E-state index in [0.717, 1.165) is 11.4 Å². The molecule has 0 aliphatic rings. The van der Waals surface area contributed by atoms with Crippen LogP contribution < -0.4 is 0 Å². The predicted octanol–water partition coefficient (Wildman–Crippen LogP) is 0.674. The van der Waals surface area contributed by atoms with Crippen LogP contribution in [0, 0.1) is 13.8 Å². The Labute approximate surface area is 75.5 Å². The fraction of sp³-hybridized carbons (Fsp3) is 0.250. The highest BCUT2D eigenvalue weighted by molar-refractivity contribution is 5.12. The van der Waals surface area contributed by atoms with Gasteiger partial charge in [-0.25, -0.2) is 9.97 Å². The fourth-order valence-electron chi connectivity index (χ4n) is 0.991. The lowest BCUT2D eigenvalue weighted by Gasteiger charge is -1.97. The van der Waals surface area contributed by atoms with Gasteiger partial charge < -0.3 is 0 Å². The van der Waals surface area contributed by atoms with E-state index in [1.165, 1.54) is 0 Å². The van der Waals surface area contributed by atoms with Crippen LogP contribution in [0.25, 0.3) is 5.95 Å². The molecule has 0 bridgehead atoms. The van der Waals surface area contributed by atoms with Gasteiger partial charge in [0, 0.05) is 11.9 Å². The quantitative estimate of drug-likeness (QED) is 0.639. The number of aryl methyl sites for hydroxylation is 2. The lowest BCUT2D eigenvalue weighted by molar-refractivity contribution is 0.749. The van der Waals surface area contributed by atoms with Crippen LogP contribution in [0.2, 0.25) is 0 Å². The number of rotatable bonds is 1. The molecule has 0 N–H and O–H groups in total. The van der Waals surface area contributed by atoms with Gasteiger partial charge in [-0.3, -0.25) is 0 Å². The molecule has 0 fully saturated rings. The molecule has 2 aromatic rings. The molecular formula is C8H9N5. The van der Waals surface area contributed by atoms with Gasteiger partial charge in [-0.15, -0.1) is 5.10 Å². The molecule has 0 saturated carbocycles. The van der Waals surface area contributed by atoms with Crippen molar-refractivity contribution in [1.82, 2.24) is 25.0 Å². The van der Waals surface area contributed by atoms with Crippen molar-refractivity contribution in [3.63, 3.8) is 0 Å². The average molecular weight is 175 g/mol. The summed E-state index contributed by atoms with van der Waals surface area (Å²) in [6.07, 6.45) is 3.49. The lowest BCUT2D eigenvalue weighted by Crippen LogP contribution is -2.02. The molecule has 0 saturated heterocycles. The van der Waals surface area contributed by atoms with Crippen LogP contribution in [0.15, 0.2) is 18.5 Å². The van der Waals surface area contributed by atoms with E-state index in [1.54, 1.807) is 17.1 Å². The second kappa shape index (κ2) is 2.93. The monoisotopic (exact) mass is 175 g/mol. The standard InChI is InChI=1S/C8H9N5/c1-6-3-4-9-8(10-6)13-5-7(2)11-12-13/h3-5H,1-2H3. The number of aromatic nitrogens is 5. The maximum atomic E-state index is 4.21. The second-order valence-corrected chi connectivity index (χ2v) is 2.80. The highest BCUT2D eigenvalue weighted by Crippen LogP contribution is 1.99. The minimum Gasteiger partial charge on any atom is -0.220 e. The first kappa shape index (κ1) is 7.85. The van der Waals surface area contributed by atoms with E-state index >= 15 is 0 Å². The zero-order chi connectivity index (χ0) is 9.26. The zero-order valence-corrected chi connectivity index (χ0v) is 7.47. The third-order valence-corrected chi connectivity index (χ3v) is 1.59. The Morgan fingerprint density at radius 3 is 2.69 bits per heavy atom. The topological polar surface area (TPSA) is 56.5 Å². The first-order valence-electron chi connectivity index (χ1n) is 3.95. The fourth-order valence-corrected chi connectivity index (χ4v) is 0.991. The Kier molecular flexibility index (Phi) is 1.77. The summed E-state index contributed by atoms with van der Waals surface area (Å²) in [7, 11) is 0. The van der Waals surface area contributed by atoms with Crippen LogP contribution in [0.5, 0.6) is 0 Å². The summed E-state index contributed by atoms with van der Waals surface area (Å²) in [5, 5.41) is 7.72. The van der Waals surface area contributed by atoms with Crippen molar-refractivity contribution >= 4 is 0 Å². The van der Waals surface area contributed by atoms with Crippen molar-refractivity contribution in [2.45, 2.75) is 13.8 Å². The van der Waals surface area contributed by atoms with Gasteiger partial charge in [0.2, 0.25) is 0 Å². The third-order valence-electron chi connectivity index (χ3n) is 1.59. The molecule has 0 aromatic carbocycles. The van der Waals surface area contributed by atoms with E-state index in [4.69, 9.17) is 0 Å². The molecule has 0 radical (unpaired) electrons. The molecule has 13 heavy (non-hydrogen) atoms. The molecule has 2 rings (SSSR count). The average Bonchev–Trinajstić information content (AvgIpc) is 2.52. The van der Waals surface area contributed by atoms with Gasteiger partial charge in [-0.1, -0.05) is 5.21 Å². The molecule has 0 unspecified atom stereocenters. The Morgan fingerprint density at radius 1 is 1.23 bits per heavy atom. The first-order chi connectivity index (χ1) is 6.25. The molecule has 2 heterocycles. The van der Waals surface area contributed by atoms with Crippen LogP contribution in [0.3, 0.4) is 0 Å². The van der Waals surface area contributed by atoms with E-state index in [2.05, 4.69) is 20.3 Å². The van der Waals surface area contributed by atoms with Gasteiger partial charge >= 0.3 is 0 Å². The highest BCUT2D eigenvalue weighted by Gasteiger charge is 2.01. The van der Waals surface area contributed by atoms with Gasteiger partial charge in [0.05, 0.1) is 11.9 Å². The lowest BCUT2D eigenvalue weighted by atomic mass is 10.5. The Hall–Kier alpha value is -1.78. The van der Waals surface area contributed by atoms with Crippen molar-refractivity contribution < 1.29 is 0 Å². The predicted molar refractivity (Wildman–Crippen MR) is 46.4 cm³/mol. The van der Waals surface area contributed by atoms with Crippen LogP contribution in [-0.2, 0) is 0 Å². The summed E-state index contributed by atoms with van der Waals surface area (Å²) in [5.74, 6) is 0.556. The summed E-state index contributed by atoms with van der Waals surface area (Å²) in [6, 6.07) is 1.84. The van der Waals surface area contributed by atoms with E-state index in [-0.39, 0.29) is 0 Å². The third kappa shape index (κ3) is 1.53. The summed E-state index contributed by atoms with van der Waals surface area (Å²) < 4.78 is 1.56. The molecule has 0 amide bonds. The van der Waals surface area contributed by atoms with Crippen LogP contribution in [0.1, 0.15) is 11.4 Å². The van der Waals surface area contributed by atoms with Gasteiger partial charge in [-0.05, 0) is 19.9 Å². The molecule has 0 aliphatic heterocycles. The Morgan fingerprint density at radius 2 is 2.08 bits per heavy atom. The van der Waals surface area contributed by atoms with E-state index < -0.39 is 0 Å². The second-order valence-electron chi connectivity index (χ2n) is 2.80. The number of nitrogens with zero attached hydrogens (tertiary/aromatic N) is 5. The molecule has 2 aromatic heterocycles.